The number of carbonyl (C=O) groups excluding carboxylic acids is 1. The summed E-state index contributed by atoms with van der Waals surface area (Å²) in [5.41, 5.74) is 2.09. The number of benzene rings is 2. The van der Waals surface area contributed by atoms with Gasteiger partial charge >= 0.3 is 11.9 Å². The van der Waals surface area contributed by atoms with E-state index in [0.29, 0.717) is 0 Å². The first kappa shape index (κ1) is 15.8. The summed E-state index contributed by atoms with van der Waals surface area (Å²) in [5.74, 6) is -1.78. The lowest BCUT2D eigenvalue weighted by atomic mass is 10.1. The number of hydrogen-bond donors (Lipinski definition) is 1. The van der Waals surface area contributed by atoms with Crippen LogP contribution in [0.5, 0.6) is 0 Å². The lowest BCUT2D eigenvalue weighted by molar-refractivity contribution is 0.0331. The maximum Gasteiger partial charge on any atom is 0.339 e. The van der Waals surface area contributed by atoms with Crippen LogP contribution in [0.2, 0.25) is 0 Å². The van der Waals surface area contributed by atoms with Crippen molar-refractivity contribution in [1.82, 2.24) is 0 Å². The smallest absolute Gasteiger partial charge is 0.339 e. The maximum atomic E-state index is 12.2. The second-order valence-electron chi connectivity index (χ2n) is 4.99. The molecule has 0 saturated carbocycles. The molecule has 2 rings (SSSR count). The highest BCUT2D eigenvalue weighted by molar-refractivity contribution is 6.02. The molecule has 0 fully saturated rings. The molecule has 4 nitrogen and oxygen atoms in total. The summed E-state index contributed by atoms with van der Waals surface area (Å²) < 4.78 is 5.38. The van der Waals surface area contributed by atoms with Gasteiger partial charge in [0.05, 0.1) is 11.1 Å². The van der Waals surface area contributed by atoms with Crippen molar-refractivity contribution in [2.24, 2.45) is 0 Å². The predicted molar refractivity (Wildman–Crippen MR) is 83.1 cm³/mol. The lowest BCUT2D eigenvalue weighted by Crippen LogP contribution is -2.13. The Bertz CT molecular complexity index is 674. The van der Waals surface area contributed by atoms with Crippen LogP contribution >= 0.6 is 0 Å². The van der Waals surface area contributed by atoms with Gasteiger partial charge in [0.2, 0.25) is 0 Å². The second-order valence-corrected chi connectivity index (χ2v) is 4.99. The van der Waals surface area contributed by atoms with Crippen molar-refractivity contribution in [3.63, 3.8) is 0 Å². The summed E-state index contributed by atoms with van der Waals surface area (Å²) in [6.45, 7) is 3.84. The van der Waals surface area contributed by atoms with Gasteiger partial charge in [-0.25, -0.2) is 9.59 Å². The van der Waals surface area contributed by atoms with Gasteiger partial charge in [-0.1, -0.05) is 43.3 Å². The van der Waals surface area contributed by atoms with E-state index >= 15 is 0 Å². The summed E-state index contributed by atoms with van der Waals surface area (Å²) in [6, 6.07) is 13.9. The minimum absolute atomic E-state index is 0.0546. The topological polar surface area (TPSA) is 63.6 Å². The molecule has 0 saturated heterocycles. The number of ether oxygens (including phenoxy) is 1. The molecule has 114 valence electrons. The van der Waals surface area contributed by atoms with E-state index in [0.717, 1.165) is 12.0 Å². The number of carbonyl (C=O) groups is 2. The van der Waals surface area contributed by atoms with Gasteiger partial charge in [0.1, 0.15) is 6.10 Å². The Kier molecular flexibility index (Phi) is 4.94. The van der Waals surface area contributed by atoms with E-state index in [4.69, 9.17) is 9.84 Å². The fourth-order valence-corrected chi connectivity index (χ4v) is 2.16. The fourth-order valence-electron chi connectivity index (χ4n) is 2.16. The second kappa shape index (κ2) is 6.89. The molecule has 1 N–H and O–H groups in total. The first-order chi connectivity index (χ1) is 10.5. The number of aryl methyl sites for hydroxylation is 1. The van der Waals surface area contributed by atoms with Gasteiger partial charge in [0.25, 0.3) is 0 Å². The molecular formula is C18H18O4. The van der Waals surface area contributed by atoms with E-state index in [1.54, 1.807) is 19.1 Å². The number of rotatable bonds is 5. The first-order valence-electron chi connectivity index (χ1n) is 7.15. The van der Waals surface area contributed by atoms with E-state index in [1.165, 1.54) is 17.7 Å². The van der Waals surface area contributed by atoms with Gasteiger partial charge in [-0.05, 0) is 36.6 Å². The van der Waals surface area contributed by atoms with Gasteiger partial charge in [0.15, 0.2) is 0 Å². The average molecular weight is 298 g/mol. The van der Waals surface area contributed by atoms with Crippen molar-refractivity contribution in [3.8, 4) is 0 Å². The molecule has 0 aliphatic rings. The summed E-state index contributed by atoms with van der Waals surface area (Å²) in [7, 11) is 0. The number of carboxylic acid groups (broad SMARTS) is 1. The highest BCUT2D eigenvalue weighted by Gasteiger charge is 2.19. The van der Waals surface area contributed by atoms with Gasteiger partial charge < -0.3 is 9.84 Å². The summed E-state index contributed by atoms with van der Waals surface area (Å²) >= 11 is 0. The molecule has 1 atom stereocenters. The maximum absolute atomic E-state index is 12.2. The van der Waals surface area contributed by atoms with Crippen LogP contribution in [0.4, 0.5) is 0 Å². The minimum Gasteiger partial charge on any atom is -0.478 e. The zero-order valence-corrected chi connectivity index (χ0v) is 12.6. The third kappa shape index (κ3) is 3.52. The van der Waals surface area contributed by atoms with Crippen LogP contribution in [0.15, 0.2) is 48.5 Å². The van der Waals surface area contributed by atoms with Gasteiger partial charge in [-0.2, -0.15) is 0 Å². The Morgan fingerprint density at radius 2 is 1.64 bits per heavy atom. The molecule has 2 aromatic carbocycles. The molecule has 4 heteroatoms. The van der Waals surface area contributed by atoms with E-state index in [9.17, 15) is 9.59 Å². The van der Waals surface area contributed by atoms with Crippen LogP contribution in [0.25, 0.3) is 0 Å². The van der Waals surface area contributed by atoms with E-state index in [1.807, 2.05) is 24.3 Å². The monoisotopic (exact) mass is 298 g/mol. The predicted octanol–water partition coefficient (Wildman–Crippen LogP) is 3.87. The van der Waals surface area contributed by atoms with Crippen LogP contribution in [-0.4, -0.2) is 17.0 Å². The van der Waals surface area contributed by atoms with Gasteiger partial charge in [0, 0.05) is 0 Å². The van der Waals surface area contributed by atoms with Crippen molar-refractivity contribution in [3.05, 3.63) is 70.8 Å². The highest BCUT2D eigenvalue weighted by atomic mass is 16.5. The molecule has 2 aromatic rings. The zero-order chi connectivity index (χ0) is 16.1. The molecular weight excluding hydrogens is 280 g/mol. The summed E-state index contributed by atoms with van der Waals surface area (Å²) in [4.78, 5) is 23.3. The van der Waals surface area contributed by atoms with E-state index in [-0.39, 0.29) is 11.1 Å². The quantitative estimate of drug-likeness (QED) is 0.851. The van der Waals surface area contributed by atoms with E-state index < -0.39 is 18.0 Å². The number of hydrogen-bond acceptors (Lipinski definition) is 3. The SMILES string of the molecule is CCc1ccc(C(C)OC(=O)c2ccccc2C(=O)O)cc1. The van der Waals surface area contributed by atoms with Crippen molar-refractivity contribution < 1.29 is 19.4 Å². The normalized spacial score (nSPS) is 11.7. The number of aromatic carboxylic acids is 1. The third-order valence-electron chi connectivity index (χ3n) is 3.52. The van der Waals surface area contributed by atoms with Gasteiger partial charge in [-0.15, -0.1) is 0 Å². The molecule has 0 aromatic heterocycles. The first-order valence-corrected chi connectivity index (χ1v) is 7.15. The third-order valence-corrected chi connectivity index (χ3v) is 3.52. The molecule has 22 heavy (non-hydrogen) atoms. The summed E-state index contributed by atoms with van der Waals surface area (Å²) in [6.07, 6.45) is 0.501. The number of carboxylic acids is 1. The van der Waals surface area contributed by atoms with Crippen molar-refractivity contribution in [2.45, 2.75) is 26.4 Å². The summed E-state index contributed by atoms with van der Waals surface area (Å²) in [5, 5.41) is 9.12. The molecule has 0 spiro atoms. The standard InChI is InChI=1S/C18H18O4/c1-3-13-8-10-14(11-9-13)12(2)22-18(21)16-7-5-4-6-15(16)17(19)20/h4-12H,3H2,1-2H3,(H,19,20). The molecule has 0 bridgehead atoms. The minimum atomic E-state index is -1.15. The Morgan fingerprint density at radius 3 is 2.18 bits per heavy atom. The van der Waals surface area contributed by atoms with Crippen LogP contribution in [0, 0.1) is 0 Å². The molecule has 1 unspecified atom stereocenters. The van der Waals surface area contributed by atoms with Crippen LogP contribution in [-0.2, 0) is 11.2 Å². The Morgan fingerprint density at radius 1 is 1.05 bits per heavy atom. The van der Waals surface area contributed by atoms with Crippen LogP contribution < -0.4 is 0 Å². The Labute approximate surface area is 129 Å². The molecule has 0 heterocycles. The Hall–Kier alpha value is -2.62. The molecule has 0 aliphatic heterocycles. The van der Waals surface area contributed by atoms with Crippen molar-refractivity contribution in [2.75, 3.05) is 0 Å². The Balaban J connectivity index is 2.16. The van der Waals surface area contributed by atoms with Crippen molar-refractivity contribution in [1.29, 1.82) is 0 Å². The van der Waals surface area contributed by atoms with Crippen molar-refractivity contribution >= 4 is 11.9 Å². The van der Waals surface area contributed by atoms with Crippen LogP contribution in [0.3, 0.4) is 0 Å². The lowest BCUT2D eigenvalue weighted by Gasteiger charge is -2.15. The number of esters is 1. The average Bonchev–Trinajstić information content (AvgIpc) is 2.54. The molecule has 0 aliphatic carbocycles. The van der Waals surface area contributed by atoms with E-state index in [2.05, 4.69) is 6.92 Å². The zero-order valence-electron chi connectivity index (χ0n) is 12.6. The highest BCUT2D eigenvalue weighted by Crippen LogP contribution is 2.20. The van der Waals surface area contributed by atoms with Crippen LogP contribution in [0.1, 0.15) is 51.8 Å². The molecule has 0 amide bonds. The fraction of sp³-hybridized carbons (Fsp3) is 0.222. The largest absolute Gasteiger partial charge is 0.478 e. The van der Waals surface area contributed by atoms with Gasteiger partial charge in [-0.3, -0.25) is 0 Å². The molecule has 0 radical (unpaired) electrons.